The molecule has 0 fully saturated rings. The van der Waals surface area contributed by atoms with Crippen LogP contribution >= 0.6 is 24.0 Å². The molecule has 2 unspecified atom stereocenters. The Kier molecular flexibility index (Phi) is 18.3. The highest BCUT2D eigenvalue weighted by molar-refractivity contribution is 14.0. The molecule has 1 aliphatic heterocycles. The molecule has 0 saturated heterocycles. The van der Waals surface area contributed by atoms with Gasteiger partial charge in [-0.05, 0) is 68.8 Å². The minimum atomic E-state index is -0.707. The van der Waals surface area contributed by atoms with Gasteiger partial charge in [-0.25, -0.2) is 0 Å². The number of hydrogen-bond donors (Lipinski definition) is 1. The Morgan fingerprint density at radius 2 is 1.69 bits per heavy atom. The van der Waals surface area contributed by atoms with Crippen molar-refractivity contribution in [3.63, 3.8) is 0 Å². The van der Waals surface area contributed by atoms with Crippen molar-refractivity contribution in [3.8, 4) is 0 Å². The molecule has 5 heteroatoms. The number of ether oxygens (including phenoxy) is 1. The smallest absolute Gasteiger partial charge is 0.308 e. The number of rotatable bonds is 2. The highest BCUT2D eigenvalue weighted by atomic mass is 127. The maximum atomic E-state index is 12.2. The van der Waals surface area contributed by atoms with E-state index in [9.17, 15) is 14.7 Å². The average Bonchev–Trinajstić information content (AvgIpc) is 2.96. The molecule has 7 atom stereocenters. The fourth-order valence-electron chi connectivity index (χ4n) is 4.35. The number of hydrogen-bond acceptors (Lipinski definition) is 4. The third-order valence-corrected chi connectivity index (χ3v) is 7.47. The predicted molar refractivity (Wildman–Crippen MR) is 161 cm³/mol. The van der Waals surface area contributed by atoms with Crippen LogP contribution in [0.2, 0.25) is 0 Å². The number of carbonyl (C=O) groups is 2. The lowest BCUT2D eigenvalue weighted by Gasteiger charge is -2.20. The molecule has 0 aromatic carbocycles. The van der Waals surface area contributed by atoms with Gasteiger partial charge in [-0.15, -0.1) is 30.6 Å². The summed E-state index contributed by atoms with van der Waals surface area (Å²) in [6.07, 6.45) is 17.2. The second-order valence-corrected chi connectivity index (χ2v) is 11.0. The van der Waals surface area contributed by atoms with Gasteiger partial charge in [-0.2, -0.15) is 0 Å². The van der Waals surface area contributed by atoms with Gasteiger partial charge in [0.05, 0.1) is 19.1 Å². The van der Waals surface area contributed by atoms with Crippen molar-refractivity contribution in [2.45, 2.75) is 92.6 Å². The number of cyclic esters (lactones) is 1. The Balaban J connectivity index is 0.000000930. The fourth-order valence-corrected chi connectivity index (χ4v) is 4.35. The second-order valence-electron chi connectivity index (χ2n) is 11.0. The third kappa shape index (κ3) is 14.5. The molecule has 0 amide bonds. The largest absolute Gasteiger partial charge is 0.465 e. The molecule has 1 N–H and O–H groups in total. The summed E-state index contributed by atoms with van der Waals surface area (Å²) in [7, 11) is 0. The van der Waals surface area contributed by atoms with E-state index in [0.717, 1.165) is 42.6 Å². The lowest BCUT2D eigenvalue weighted by Crippen LogP contribution is -2.24. The molecule has 2 rings (SSSR count). The van der Waals surface area contributed by atoms with E-state index in [1.807, 2.05) is 32.9 Å². The molecule has 0 bridgehead atoms. The molecule has 0 aromatic rings. The third-order valence-electron chi connectivity index (χ3n) is 7.47. The first-order valence-electron chi connectivity index (χ1n) is 13.6. The Hall–Kier alpha value is -1.21. The van der Waals surface area contributed by atoms with E-state index in [1.54, 1.807) is 12.2 Å². The Morgan fingerprint density at radius 1 is 1.00 bits per heavy atom. The molecule has 1 heterocycles. The van der Waals surface area contributed by atoms with Gasteiger partial charge in [0, 0.05) is 11.8 Å². The van der Waals surface area contributed by atoms with E-state index in [1.165, 1.54) is 12.8 Å². The normalized spacial score (nSPS) is 35.0. The van der Waals surface area contributed by atoms with Crippen LogP contribution < -0.4 is 0 Å². The number of aliphatic hydroxyl groups excluding tert-OH is 1. The van der Waals surface area contributed by atoms with Crippen LogP contribution in [0.5, 0.6) is 0 Å². The molecular weight excluding hydrogens is 563 g/mol. The fraction of sp³-hybridized carbons (Fsp3) is 0.677. The van der Waals surface area contributed by atoms with Gasteiger partial charge < -0.3 is 9.84 Å². The number of ketones is 1. The van der Waals surface area contributed by atoms with Crippen LogP contribution in [0.3, 0.4) is 0 Å². The molecule has 0 spiro atoms. The van der Waals surface area contributed by atoms with Crippen molar-refractivity contribution in [3.05, 3.63) is 48.6 Å². The molecule has 0 radical (unpaired) electrons. The first-order chi connectivity index (χ1) is 16.5. The van der Waals surface area contributed by atoms with Crippen molar-refractivity contribution < 1.29 is 19.4 Å². The van der Waals surface area contributed by atoms with Crippen molar-refractivity contribution in [1.82, 2.24) is 0 Å². The minimum Gasteiger partial charge on any atom is -0.465 e. The zero-order valence-corrected chi connectivity index (χ0v) is 25.8. The summed E-state index contributed by atoms with van der Waals surface area (Å²) in [5.41, 5.74) is 0.962. The molecule has 4 nitrogen and oxygen atoms in total. The molecular formula is C31H51IO4. The van der Waals surface area contributed by atoms with Gasteiger partial charge in [0.25, 0.3) is 0 Å². The van der Waals surface area contributed by atoms with Gasteiger partial charge in [-0.1, -0.05) is 77.0 Å². The van der Waals surface area contributed by atoms with Crippen molar-refractivity contribution in [1.29, 1.82) is 0 Å². The van der Waals surface area contributed by atoms with Crippen molar-refractivity contribution >= 4 is 35.7 Å². The predicted octanol–water partition coefficient (Wildman–Crippen LogP) is 7.86. The maximum Gasteiger partial charge on any atom is 0.308 e. The Labute approximate surface area is 237 Å². The van der Waals surface area contributed by atoms with Crippen LogP contribution in [-0.4, -0.2) is 29.6 Å². The molecule has 1 aliphatic carbocycles. The van der Waals surface area contributed by atoms with Gasteiger partial charge in [0.15, 0.2) is 5.78 Å². The standard InChI is InChI=1S/C21H32O4.C10H18.HI/c1-5-7-18-12-15(2)10-11-19(22)16(3)8-6-9-17(4)20(23)13-21(24)25-14-18;1-8-4-6-9(2)10(3)7-5-8;/h5,10-12,16-18,20,23H,1,6-9,13-14H2,2-4H3;4,6,8-10H,5,7H2,1-3H3;1H/b11-10+,15-12+;;/t16-,17-,18?,20-;8-,9?,10+;/m10./s1. The van der Waals surface area contributed by atoms with E-state index in [4.69, 9.17) is 4.74 Å². The van der Waals surface area contributed by atoms with E-state index in [0.29, 0.717) is 6.42 Å². The van der Waals surface area contributed by atoms with Gasteiger partial charge in [0.2, 0.25) is 0 Å². The van der Waals surface area contributed by atoms with E-state index in [2.05, 4.69) is 39.5 Å². The molecule has 0 aromatic heterocycles. The molecule has 36 heavy (non-hydrogen) atoms. The summed E-state index contributed by atoms with van der Waals surface area (Å²) in [6, 6.07) is 0. The number of aliphatic hydroxyl groups is 1. The van der Waals surface area contributed by atoms with E-state index >= 15 is 0 Å². The van der Waals surface area contributed by atoms with Crippen LogP contribution in [0.1, 0.15) is 86.5 Å². The quantitative estimate of drug-likeness (QED) is 0.195. The van der Waals surface area contributed by atoms with Gasteiger partial charge in [-0.3, -0.25) is 9.59 Å². The second kappa shape index (κ2) is 18.9. The summed E-state index contributed by atoms with van der Waals surface area (Å²) in [4.78, 5) is 24.2. The lowest BCUT2D eigenvalue weighted by atomic mass is 9.91. The summed E-state index contributed by atoms with van der Waals surface area (Å²) >= 11 is 0. The van der Waals surface area contributed by atoms with Gasteiger partial charge >= 0.3 is 5.97 Å². The minimum absolute atomic E-state index is 0. The van der Waals surface area contributed by atoms with Crippen LogP contribution in [0.25, 0.3) is 0 Å². The van der Waals surface area contributed by atoms with Crippen LogP contribution in [0.15, 0.2) is 48.6 Å². The Bertz CT molecular complexity index is 754. The first kappa shape index (κ1) is 34.8. The first-order valence-corrected chi connectivity index (χ1v) is 13.6. The summed E-state index contributed by atoms with van der Waals surface area (Å²) < 4.78 is 5.33. The van der Waals surface area contributed by atoms with E-state index < -0.39 is 6.10 Å². The highest BCUT2D eigenvalue weighted by Gasteiger charge is 2.20. The number of halogens is 1. The lowest BCUT2D eigenvalue weighted by molar-refractivity contribution is -0.147. The molecule has 2 aliphatic rings. The summed E-state index contributed by atoms with van der Waals surface area (Å²) in [6.45, 7) is 16.8. The number of esters is 1. The zero-order valence-electron chi connectivity index (χ0n) is 23.4. The average molecular weight is 615 g/mol. The molecule has 206 valence electrons. The zero-order chi connectivity index (χ0) is 26.4. The number of carbonyl (C=O) groups excluding carboxylic acids is 2. The summed E-state index contributed by atoms with van der Waals surface area (Å²) in [5, 5.41) is 10.2. The topological polar surface area (TPSA) is 63.6 Å². The van der Waals surface area contributed by atoms with Crippen molar-refractivity contribution in [2.75, 3.05) is 6.61 Å². The number of allylic oxidation sites excluding steroid dienone is 6. The van der Waals surface area contributed by atoms with Gasteiger partial charge in [0.1, 0.15) is 0 Å². The Morgan fingerprint density at radius 3 is 2.36 bits per heavy atom. The summed E-state index contributed by atoms with van der Waals surface area (Å²) in [5.74, 6) is 2.24. The highest BCUT2D eigenvalue weighted by Crippen LogP contribution is 2.25. The maximum absolute atomic E-state index is 12.2. The van der Waals surface area contributed by atoms with Crippen LogP contribution in [-0.2, 0) is 14.3 Å². The van der Waals surface area contributed by atoms with E-state index in [-0.39, 0.29) is 66.5 Å². The SMILES string of the molecule is C=CCC1/C=C(C)/C=C/C(=O)[C@H](C)CCC[C@@H](C)[C@H](O)CC(=O)OC1.CC1C=C[C@H](C)CC[C@H]1C.I. The van der Waals surface area contributed by atoms with Crippen LogP contribution in [0.4, 0.5) is 0 Å². The monoisotopic (exact) mass is 614 g/mol. The van der Waals surface area contributed by atoms with Crippen LogP contribution in [0, 0.1) is 35.5 Å². The molecule has 0 saturated carbocycles. The van der Waals surface area contributed by atoms with Crippen molar-refractivity contribution in [2.24, 2.45) is 35.5 Å².